The third-order valence-corrected chi connectivity index (χ3v) is 3.99. The lowest BCUT2D eigenvalue weighted by Crippen LogP contribution is -2.36. The molecule has 1 aliphatic heterocycles. The molecule has 1 fully saturated rings. The topological polar surface area (TPSA) is 35.9 Å². The van der Waals surface area contributed by atoms with E-state index < -0.39 is 0 Å². The van der Waals surface area contributed by atoms with Gasteiger partial charge in [0.15, 0.2) is 0 Å². The molecular formula is C18H28N2O2. The molecule has 0 saturated carbocycles. The normalized spacial score (nSPS) is 16.8. The molecule has 4 heteroatoms. The number of benzene rings is 1. The Morgan fingerprint density at radius 3 is 2.64 bits per heavy atom. The largest absolute Gasteiger partial charge is 0.392 e. The molecule has 4 nitrogen and oxygen atoms in total. The van der Waals surface area contributed by atoms with Gasteiger partial charge in [-0.05, 0) is 37.6 Å². The number of aliphatic hydroxyl groups excluding tert-OH is 1. The first kappa shape index (κ1) is 17.0. The summed E-state index contributed by atoms with van der Waals surface area (Å²) in [6.07, 6.45) is 3.22. The zero-order valence-corrected chi connectivity index (χ0v) is 13.6. The summed E-state index contributed by atoms with van der Waals surface area (Å²) >= 11 is 0. The first-order chi connectivity index (χ1) is 10.7. The molecule has 1 heterocycles. The van der Waals surface area contributed by atoms with Crippen molar-refractivity contribution < 1.29 is 9.84 Å². The second-order valence-corrected chi connectivity index (χ2v) is 5.98. The van der Waals surface area contributed by atoms with Crippen molar-refractivity contribution in [3.63, 3.8) is 0 Å². The van der Waals surface area contributed by atoms with Crippen LogP contribution in [0, 0.1) is 0 Å². The summed E-state index contributed by atoms with van der Waals surface area (Å²) in [6, 6.07) is 8.72. The molecule has 1 aliphatic rings. The summed E-state index contributed by atoms with van der Waals surface area (Å²) in [4.78, 5) is 4.52. The number of hydrogen-bond acceptors (Lipinski definition) is 4. The number of anilines is 1. The Balaban J connectivity index is 1.81. The van der Waals surface area contributed by atoms with Crippen LogP contribution in [0.15, 0.2) is 36.9 Å². The Labute approximate surface area is 134 Å². The fourth-order valence-corrected chi connectivity index (χ4v) is 2.77. The summed E-state index contributed by atoms with van der Waals surface area (Å²) in [5.74, 6) is 0. The number of morpholine rings is 1. The molecule has 0 aliphatic carbocycles. The van der Waals surface area contributed by atoms with Gasteiger partial charge in [-0.1, -0.05) is 18.2 Å². The molecule has 22 heavy (non-hydrogen) atoms. The number of nitrogens with zero attached hydrogens (tertiary/aromatic N) is 2. The van der Waals surface area contributed by atoms with Crippen LogP contribution in [0.3, 0.4) is 0 Å². The van der Waals surface area contributed by atoms with Gasteiger partial charge in [0.2, 0.25) is 0 Å². The average Bonchev–Trinajstić information content (AvgIpc) is 2.54. The first-order valence-electron chi connectivity index (χ1n) is 8.08. The smallest absolute Gasteiger partial charge is 0.0670 e. The van der Waals surface area contributed by atoms with Gasteiger partial charge >= 0.3 is 0 Å². The summed E-state index contributed by atoms with van der Waals surface area (Å²) in [5.41, 5.74) is 2.54. The van der Waals surface area contributed by atoms with Crippen LogP contribution in [-0.2, 0) is 11.3 Å². The third kappa shape index (κ3) is 5.44. The van der Waals surface area contributed by atoms with Gasteiger partial charge < -0.3 is 14.7 Å². The van der Waals surface area contributed by atoms with Crippen LogP contribution in [0.1, 0.15) is 18.4 Å². The molecule has 1 N–H and O–H groups in total. The molecule has 122 valence electrons. The molecular weight excluding hydrogens is 276 g/mol. The number of ether oxygens (including phenoxy) is 1. The van der Waals surface area contributed by atoms with E-state index in [-0.39, 0.29) is 6.10 Å². The van der Waals surface area contributed by atoms with Crippen molar-refractivity contribution in [2.45, 2.75) is 25.5 Å². The summed E-state index contributed by atoms with van der Waals surface area (Å²) in [5, 5.41) is 9.94. The van der Waals surface area contributed by atoms with Gasteiger partial charge in [-0.3, -0.25) is 4.90 Å². The molecule has 0 aromatic heterocycles. The summed E-state index contributed by atoms with van der Waals surface area (Å²) < 4.78 is 5.38. The lowest BCUT2D eigenvalue weighted by atomic mass is 10.1. The van der Waals surface area contributed by atoms with E-state index in [4.69, 9.17) is 4.74 Å². The van der Waals surface area contributed by atoms with E-state index in [2.05, 4.69) is 40.6 Å². The highest BCUT2D eigenvalue weighted by Crippen LogP contribution is 2.17. The lowest BCUT2D eigenvalue weighted by molar-refractivity contribution is 0.116. The summed E-state index contributed by atoms with van der Waals surface area (Å²) in [7, 11) is 2.05. The molecule has 1 aromatic carbocycles. The minimum absolute atomic E-state index is 0.282. The Bertz CT molecular complexity index is 441. The summed E-state index contributed by atoms with van der Waals surface area (Å²) in [6.45, 7) is 8.80. The Kier molecular flexibility index (Phi) is 6.90. The highest BCUT2D eigenvalue weighted by molar-refractivity contribution is 5.47. The monoisotopic (exact) mass is 304 g/mol. The SMILES string of the molecule is C=CCCC(O)CN(C)Cc1ccc(N2CCOCC2)cc1. The van der Waals surface area contributed by atoms with Crippen LogP contribution in [0.2, 0.25) is 0 Å². The van der Waals surface area contributed by atoms with Crippen molar-refractivity contribution in [2.24, 2.45) is 0 Å². The van der Waals surface area contributed by atoms with E-state index in [0.29, 0.717) is 6.54 Å². The van der Waals surface area contributed by atoms with Crippen LogP contribution in [0.4, 0.5) is 5.69 Å². The predicted molar refractivity (Wildman–Crippen MR) is 91.2 cm³/mol. The third-order valence-electron chi connectivity index (χ3n) is 3.99. The quantitative estimate of drug-likeness (QED) is 0.748. The maximum Gasteiger partial charge on any atom is 0.0670 e. The van der Waals surface area contributed by atoms with Crippen LogP contribution >= 0.6 is 0 Å². The molecule has 1 saturated heterocycles. The van der Waals surface area contributed by atoms with E-state index in [0.717, 1.165) is 45.7 Å². The van der Waals surface area contributed by atoms with Crippen molar-refractivity contribution in [1.82, 2.24) is 4.90 Å². The Morgan fingerprint density at radius 2 is 2.00 bits per heavy atom. The fraction of sp³-hybridized carbons (Fsp3) is 0.556. The van der Waals surface area contributed by atoms with Crippen LogP contribution in [0.5, 0.6) is 0 Å². The van der Waals surface area contributed by atoms with Gasteiger partial charge in [0.25, 0.3) is 0 Å². The molecule has 1 atom stereocenters. The maximum absolute atomic E-state index is 9.94. The van der Waals surface area contributed by atoms with Crippen molar-refractivity contribution >= 4 is 5.69 Å². The minimum Gasteiger partial charge on any atom is -0.392 e. The van der Waals surface area contributed by atoms with E-state index in [1.165, 1.54) is 11.3 Å². The molecule has 1 unspecified atom stereocenters. The van der Waals surface area contributed by atoms with E-state index in [1.54, 1.807) is 0 Å². The van der Waals surface area contributed by atoms with Gasteiger partial charge in [-0.25, -0.2) is 0 Å². The van der Waals surface area contributed by atoms with Crippen LogP contribution in [-0.4, -0.2) is 56.0 Å². The lowest BCUT2D eigenvalue weighted by Gasteiger charge is -2.29. The fourth-order valence-electron chi connectivity index (χ4n) is 2.77. The van der Waals surface area contributed by atoms with Gasteiger partial charge in [0.1, 0.15) is 0 Å². The number of allylic oxidation sites excluding steroid dienone is 1. The van der Waals surface area contributed by atoms with Gasteiger partial charge in [0.05, 0.1) is 19.3 Å². The number of aliphatic hydroxyl groups is 1. The van der Waals surface area contributed by atoms with Crippen LogP contribution in [0.25, 0.3) is 0 Å². The van der Waals surface area contributed by atoms with Gasteiger partial charge in [-0.15, -0.1) is 6.58 Å². The molecule has 0 radical (unpaired) electrons. The molecule has 1 aromatic rings. The van der Waals surface area contributed by atoms with E-state index >= 15 is 0 Å². The highest BCUT2D eigenvalue weighted by atomic mass is 16.5. The van der Waals surface area contributed by atoms with E-state index in [1.807, 2.05) is 13.1 Å². The Morgan fingerprint density at radius 1 is 1.32 bits per heavy atom. The van der Waals surface area contributed by atoms with Crippen LogP contribution < -0.4 is 4.90 Å². The molecule has 0 spiro atoms. The van der Waals surface area contributed by atoms with Gasteiger partial charge in [-0.2, -0.15) is 0 Å². The predicted octanol–water partition coefficient (Wildman–Crippen LogP) is 2.28. The minimum atomic E-state index is -0.282. The maximum atomic E-state index is 9.94. The standard InChI is InChI=1S/C18H28N2O2/c1-3-4-5-18(21)15-19(2)14-16-6-8-17(9-7-16)20-10-12-22-13-11-20/h3,6-9,18,21H,1,4-5,10-15H2,2H3. The second kappa shape index (κ2) is 8.93. The molecule has 0 amide bonds. The number of likely N-dealkylation sites (N-methyl/N-ethyl adjacent to an activating group) is 1. The van der Waals surface area contributed by atoms with Gasteiger partial charge in [0, 0.05) is 31.9 Å². The number of rotatable bonds is 8. The van der Waals surface area contributed by atoms with Crippen molar-refractivity contribution in [1.29, 1.82) is 0 Å². The second-order valence-electron chi connectivity index (χ2n) is 5.98. The van der Waals surface area contributed by atoms with E-state index in [9.17, 15) is 5.11 Å². The Hall–Kier alpha value is -1.36. The zero-order chi connectivity index (χ0) is 15.8. The molecule has 0 bridgehead atoms. The number of hydrogen-bond donors (Lipinski definition) is 1. The van der Waals surface area contributed by atoms with Crippen molar-refractivity contribution in [2.75, 3.05) is 44.8 Å². The average molecular weight is 304 g/mol. The van der Waals surface area contributed by atoms with Crippen molar-refractivity contribution in [3.8, 4) is 0 Å². The first-order valence-corrected chi connectivity index (χ1v) is 8.08. The van der Waals surface area contributed by atoms with Crippen molar-refractivity contribution in [3.05, 3.63) is 42.5 Å². The zero-order valence-electron chi connectivity index (χ0n) is 13.6. The highest BCUT2D eigenvalue weighted by Gasteiger charge is 2.11. The molecule has 2 rings (SSSR count).